The van der Waals surface area contributed by atoms with Crippen LogP contribution in [0.15, 0.2) is 0 Å². The maximum absolute atomic E-state index is 12.2. The Labute approximate surface area is 149 Å². The second-order valence-corrected chi connectivity index (χ2v) is 9.75. The second kappa shape index (κ2) is 8.33. The third-order valence-corrected chi connectivity index (χ3v) is 6.07. The summed E-state index contributed by atoms with van der Waals surface area (Å²) in [6, 6.07) is -0.934. The van der Waals surface area contributed by atoms with Gasteiger partial charge in [0.05, 0.1) is 5.25 Å². The Balaban J connectivity index is 2.62. The Bertz CT molecular complexity index is 577. The molecule has 0 spiro atoms. The van der Waals surface area contributed by atoms with Gasteiger partial charge in [0.15, 0.2) is 0 Å². The first-order chi connectivity index (χ1) is 11.3. The van der Waals surface area contributed by atoms with E-state index in [9.17, 15) is 23.1 Å². The van der Waals surface area contributed by atoms with Gasteiger partial charge in [0.1, 0.15) is 11.6 Å². The smallest absolute Gasteiger partial charge is 0.407 e. The Morgan fingerprint density at radius 3 is 2.08 bits per heavy atom. The largest absolute Gasteiger partial charge is 0.480 e. The summed E-state index contributed by atoms with van der Waals surface area (Å²) in [6.07, 6.45) is -0.681. The van der Waals surface area contributed by atoms with Crippen LogP contribution in [0.5, 0.6) is 0 Å². The van der Waals surface area contributed by atoms with E-state index in [4.69, 9.17) is 4.74 Å². The van der Waals surface area contributed by atoms with Gasteiger partial charge in [-0.2, -0.15) is 4.31 Å². The lowest BCUT2D eigenvalue weighted by Gasteiger charge is -2.37. The van der Waals surface area contributed by atoms with E-state index in [0.29, 0.717) is 13.1 Å². The molecule has 146 valence electrons. The fourth-order valence-electron chi connectivity index (χ4n) is 2.43. The van der Waals surface area contributed by atoms with Gasteiger partial charge >= 0.3 is 12.1 Å². The summed E-state index contributed by atoms with van der Waals surface area (Å²) in [5.74, 6) is -1.07. The van der Waals surface area contributed by atoms with E-state index in [1.807, 2.05) is 0 Å². The molecule has 1 fully saturated rings. The molecule has 1 atom stereocenters. The van der Waals surface area contributed by atoms with Crippen LogP contribution in [-0.4, -0.2) is 84.4 Å². The lowest BCUT2D eigenvalue weighted by Crippen LogP contribution is -2.57. The zero-order valence-corrected chi connectivity index (χ0v) is 16.3. The maximum Gasteiger partial charge on any atom is 0.407 e. The number of carbonyl (C=O) groups excluding carboxylic acids is 1. The van der Waals surface area contributed by atoms with Crippen LogP contribution in [-0.2, 0) is 19.6 Å². The Morgan fingerprint density at radius 2 is 1.68 bits per heavy atom. The third-order valence-electron chi connectivity index (χ3n) is 3.79. The fraction of sp³-hybridized carbons (Fsp3) is 0.867. The van der Waals surface area contributed by atoms with E-state index >= 15 is 0 Å². The van der Waals surface area contributed by atoms with Crippen LogP contribution in [0, 0.1) is 0 Å². The van der Waals surface area contributed by atoms with Crippen molar-refractivity contribution in [3.05, 3.63) is 0 Å². The predicted octanol–water partition coefficient (Wildman–Crippen LogP) is 0.320. The average Bonchev–Trinajstić information content (AvgIpc) is 2.45. The number of rotatable bonds is 6. The molecule has 0 aliphatic carbocycles. The molecule has 0 aromatic rings. The molecule has 2 N–H and O–H groups in total. The molecule has 9 nitrogen and oxygen atoms in total. The molecule has 1 unspecified atom stereocenters. The molecule has 1 heterocycles. The number of hydrogen-bond donors (Lipinski definition) is 2. The van der Waals surface area contributed by atoms with Crippen LogP contribution >= 0.6 is 0 Å². The Kier molecular flexibility index (Phi) is 7.21. The average molecular weight is 379 g/mol. The summed E-state index contributed by atoms with van der Waals surface area (Å²) in [7, 11) is -3.35. The number of aliphatic carboxylic acids is 1. The summed E-state index contributed by atoms with van der Waals surface area (Å²) >= 11 is 0. The van der Waals surface area contributed by atoms with Crippen LogP contribution in [0.2, 0.25) is 0 Å². The molecule has 10 heteroatoms. The molecule has 0 bridgehead atoms. The number of alkyl carbamates (subject to hydrolysis) is 1. The molecule has 0 aromatic carbocycles. The molecule has 0 saturated carbocycles. The highest BCUT2D eigenvalue weighted by Crippen LogP contribution is 2.14. The summed E-state index contributed by atoms with van der Waals surface area (Å²) in [4.78, 5) is 24.9. The Hall–Kier alpha value is -1.39. The number of carbonyl (C=O) groups is 2. The number of carboxylic acids is 1. The zero-order chi connectivity index (χ0) is 19.4. The highest BCUT2D eigenvalue weighted by molar-refractivity contribution is 7.89. The number of amides is 1. The van der Waals surface area contributed by atoms with Gasteiger partial charge in [-0.1, -0.05) is 0 Å². The van der Waals surface area contributed by atoms with Crippen molar-refractivity contribution in [2.75, 3.05) is 32.7 Å². The molecule has 1 amide bonds. The number of piperazine rings is 1. The van der Waals surface area contributed by atoms with Crippen LogP contribution in [0.4, 0.5) is 4.79 Å². The van der Waals surface area contributed by atoms with Crippen molar-refractivity contribution >= 4 is 22.1 Å². The van der Waals surface area contributed by atoms with Crippen molar-refractivity contribution in [2.24, 2.45) is 0 Å². The van der Waals surface area contributed by atoms with Gasteiger partial charge in [-0.15, -0.1) is 0 Å². The van der Waals surface area contributed by atoms with E-state index in [2.05, 4.69) is 5.32 Å². The van der Waals surface area contributed by atoms with E-state index in [1.165, 1.54) is 4.31 Å². The minimum atomic E-state index is -3.35. The highest BCUT2D eigenvalue weighted by atomic mass is 32.2. The van der Waals surface area contributed by atoms with E-state index in [-0.39, 0.29) is 19.6 Å². The lowest BCUT2D eigenvalue weighted by atomic mass is 10.2. The predicted molar refractivity (Wildman–Crippen MR) is 92.9 cm³/mol. The maximum atomic E-state index is 12.2. The minimum Gasteiger partial charge on any atom is -0.480 e. The van der Waals surface area contributed by atoms with Gasteiger partial charge in [-0.05, 0) is 34.6 Å². The summed E-state index contributed by atoms with van der Waals surface area (Å²) in [5, 5.41) is 11.4. The highest BCUT2D eigenvalue weighted by Gasteiger charge is 2.34. The summed E-state index contributed by atoms with van der Waals surface area (Å²) in [5.41, 5.74) is -0.667. The number of nitrogens with zero attached hydrogens (tertiary/aromatic N) is 2. The first-order valence-electron chi connectivity index (χ1n) is 8.27. The van der Waals surface area contributed by atoms with Crippen LogP contribution in [0.1, 0.15) is 34.6 Å². The first-order valence-corrected chi connectivity index (χ1v) is 9.77. The van der Waals surface area contributed by atoms with Gasteiger partial charge in [-0.25, -0.2) is 13.2 Å². The van der Waals surface area contributed by atoms with Gasteiger partial charge < -0.3 is 15.2 Å². The van der Waals surface area contributed by atoms with E-state index in [1.54, 1.807) is 39.5 Å². The fourth-order valence-corrected chi connectivity index (χ4v) is 3.70. The molecule has 1 aliphatic heterocycles. The number of ether oxygens (including phenoxy) is 1. The van der Waals surface area contributed by atoms with Gasteiger partial charge in [0.25, 0.3) is 0 Å². The summed E-state index contributed by atoms with van der Waals surface area (Å²) in [6.45, 7) is 9.33. The lowest BCUT2D eigenvalue weighted by molar-refractivity contribution is -0.143. The quantitative estimate of drug-likeness (QED) is 0.683. The molecule has 1 aliphatic rings. The topological polar surface area (TPSA) is 116 Å². The van der Waals surface area contributed by atoms with E-state index < -0.39 is 39.0 Å². The van der Waals surface area contributed by atoms with Crippen molar-refractivity contribution in [1.29, 1.82) is 0 Å². The Morgan fingerprint density at radius 1 is 1.16 bits per heavy atom. The number of sulfonamides is 1. The van der Waals surface area contributed by atoms with Crippen molar-refractivity contribution in [1.82, 2.24) is 14.5 Å². The van der Waals surface area contributed by atoms with Gasteiger partial charge in [0, 0.05) is 32.7 Å². The van der Waals surface area contributed by atoms with Crippen molar-refractivity contribution in [3.8, 4) is 0 Å². The molecule has 0 radical (unpaired) electrons. The second-order valence-electron chi connectivity index (χ2n) is 7.27. The molecule has 1 rings (SSSR count). The number of hydrogen-bond acceptors (Lipinski definition) is 6. The third kappa shape index (κ3) is 6.44. The summed E-state index contributed by atoms with van der Waals surface area (Å²) < 4.78 is 30.8. The number of nitrogens with one attached hydrogen (secondary N) is 1. The monoisotopic (exact) mass is 379 g/mol. The van der Waals surface area contributed by atoms with Crippen LogP contribution in [0.25, 0.3) is 0 Å². The van der Waals surface area contributed by atoms with E-state index in [0.717, 1.165) is 0 Å². The minimum absolute atomic E-state index is 0.110. The number of carboxylic acid groups (broad SMARTS) is 1. The zero-order valence-electron chi connectivity index (χ0n) is 15.5. The molecule has 0 aromatic heterocycles. The van der Waals surface area contributed by atoms with Crippen LogP contribution < -0.4 is 5.32 Å². The van der Waals surface area contributed by atoms with Gasteiger partial charge in [-0.3, -0.25) is 9.69 Å². The van der Waals surface area contributed by atoms with Crippen molar-refractivity contribution in [2.45, 2.75) is 51.5 Å². The molecule has 1 saturated heterocycles. The standard InChI is InChI=1S/C15H29N3O6S/c1-11(2)25(22,23)18-8-6-17(7-9-18)12(13(19)20)10-16-14(21)24-15(3,4)5/h11-12H,6-10H2,1-5H3,(H,16,21)(H,19,20). The van der Waals surface area contributed by atoms with Crippen molar-refractivity contribution < 1.29 is 27.9 Å². The SMILES string of the molecule is CC(C)S(=O)(=O)N1CCN(C(CNC(=O)OC(C)(C)C)C(=O)O)CC1. The molecule has 25 heavy (non-hydrogen) atoms. The van der Waals surface area contributed by atoms with Crippen molar-refractivity contribution in [3.63, 3.8) is 0 Å². The molecular formula is C15H29N3O6S. The normalized spacial score (nSPS) is 18.8. The van der Waals surface area contributed by atoms with Crippen LogP contribution in [0.3, 0.4) is 0 Å². The molecular weight excluding hydrogens is 350 g/mol. The first kappa shape index (κ1) is 21.7. The van der Waals surface area contributed by atoms with Gasteiger partial charge in [0.2, 0.25) is 10.0 Å².